The van der Waals surface area contributed by atoms with Crippen molar-refractivity contribution in [2.75, 3.05) is 7.05 Å². The Balaban J connectivity index is 1.89. The van der Waals surface area contributed by atoms with Gasteiger partial charge in [-0.3, -0.25) is 14.9 Å². The first kappa shape index (κ1) is 15.2. The Hall–Kier alpha value is -2.69. The molecule has 0 aliphatic heterocycles. The highest BCUT2D eigenvalue weighted by Gasteiger charge is 2.27. The summed E-state index contributed by atoms with van der Waals surface area (Å²) in [5, 5.41) is 10.9. The Morgan fingerprint density at radius 1 is 1.22 bits per heavy atom. The Morgan fingerprint density at radius 3 is 2.78 bits per heavy atom. The van der Waals surface area contributed by atoms with E-state index in [9.17, 15) is 14.9 Å². The number of hydrogen-bond donors (Lipinski definition) is 0. The summed E-state index contributed by atoms with van der Waals surface area (Å²) in [6, 6.07) is 14.1. The summed E-state index contributed by atoms with van der Waals surface area (Å²) in [7, 11) is 1.77. The fourth-order valence-corrected chi connectivity index (χ4v) is 3.23. The lowest BCUT2D eigenvalue weighted by atomic mass is 9.87. The van der Waals surface area contributed by atoms with Crippen LogP contribution in [0.25, 0.3) is 0 Å². The van der Waals surface area contributed by atoms with E-state index in [1.54, 1.807) is 24.1 Å². The highest BCUT2D eigenvalue weighted by atomic mass is 16.6. The molecule has 5 heteroatoms. The molecule has 0 unspecified atom stereocenters. The lowest BCUT2D eigenvalue weighted by Crippen LogP contribution is -2.33. The third kappa shape index (κ3) is 2.95. The van der Waals surface area contributed by atoms with Gasteiger partial charge in [0.25, 0.3) is 11.6 Å². The summed E-state index contributed by atoms with van der Waals surface area (Å²) in [5.74, 6) is -0.185. The van der Waals surface area contributed by atoms with Crippen molar-refractivity contribution in [2.24, 2.45) is 0 Å². The van der Waals surface area contributed by atoms with Gasteiger partial charge in [-0.05, 0) is 36.5 Å². The monoisotopic (exact) mass is 310 g/mol. The van der Waals surface area contributed by atoms with Gasteiger partial charge in [-0.1, -0.05) is 30.3 Å². The van der Waals surface area contributed by atoms with Gasteiger partial charge >= 0.3 is 0 Å². The van der Waals surface area contributed by atoms with Crippen LogP contribution in [0.5, 0.6) is 0 Å². The van der Waals surface area contributed by atoms with Crippen molar-refractivity contribution in [3.63, 3.8) is 0 Å². The number of nitro benzene ring substituents is 1. The smallest absolute Gasteiger partial charge is 0.270 e. The van der Waals surface area contributed by atoms with Crippen molar-refractivity contribution in [1.82, 2.24) is 4.90 Å². The minimum Gasteiger partial charge on any atom is -0.335 e. The van der Waals surface area contributed by atoms with Crippen LogP contribution in [0.4, 0.5) is 5.69 Å². The zero-order valence-corrected chi connectivity index (χ0v) is 12.9. The summed E-state index contributed by atoms with van der Waals surface area (Å²) in [6.07, 6.45) is 2.98. The third-order valence-electron chi connectivity index (χ3n) is 4.43. The molecule has 0 bridgehead atoms. The van der Waals surface area contributed by atoms with E-state index in [0.717, 1.165) is 19.3 Å². The van der Waals surface area contributed by atoms with Gasteiger partial charge < -0.3 is 4.90 Å². The molecular weight excluding hydrogens is 292 g/mol. The second-order valence-electron chi connectivity index (χ2n) is 5.83. The van der Waals surface area contributed by atoms with Crippen LogP contribution in [0.1, 0.15) is 40.4 Å². The Labute approximate surface area is 134 Å². The zero-order valence-electron chi connectivity index (χ0n) is 12.9. The number of nitrogens with zero attached hydrogens (tertiary/aromatic N) is 2. The maximum Gasteiger partial charge on any atom is 0.270 e. The summed E-state index contributed by atoms with van der Waals surface area (Å²) in [5.41, 5.74) is 2.75. The molecular formula is C18H18N2O3. The average molecular weight is 310 g/mol. The Bertz CT molecular complexity index is 757. The fraction of sp³-hybridized carbons (Fsp3) is 0.278. The van der Waals surface area contributed by atoms with E-state index in [1.807, 2.05) is 12.1 Å². The lowest BCUT2D eigenvalue weighted by molar-refractivity contribution is -0.384. The summed E-state index contributed by atoms with van der Waals surface area (Å²) in [4.78, 5) is 24.8. The van der Waals surface area contributed by atoms with Gasteiger partial charge in [-0.25, -0.2) is 0 Å². The lowest BCUT2D eigenvalue weighted by Gasteiger charge is -2.33. The number of rotatable bonds is 3. The van der Waals surface area contributed by atoms with Crippen molar-refractivity contribution in [3.8, 4) is 0 Å². The van der Waals surface area contributed by atoms with Crippen molar-refractivity contribution in [2.45, 2.75) is 25.3 Å². The molecule has 2 aromatic rings. The average Bonchev–Trinajstić information content (AvgIpc) is 2.60. The highest BCUT2D eigenvalue weighted by Crippen LogP contribution is 2.34. The van der Waals surface area contributed by atoms with Crippen LogP contribution in [-0.4, -0.2) is 22.8 Å². The number of amides is 1. The van der Waals surface area contributed by atoms with Gasteiger partial charge in [0.1, 0.15) is 0 Å². The Kier molecular flexibility index (Phi) is 4.10. The predicted molar refractivity (Wildman–Crippen MR) is 87.3 cm³/mol. The van der Waals surface area contributed by atoms with E-state index in [2.05, 4.69) is 12.1 Å². The van der Waals surface area contributed by atoms with Crippen molar-refractivity contribution in [3.05, 3.63) is 75.3 Å². The van der Waals surface area contributed by atoms with Crippen molar-refractivity contribution >= 4 is 11.6 Å². The first-order chi connectivity index (χ1) is 11.1. The minimum absolute atomic E-state index is 0.0201. The van der Waals surface area contributed by atoms with E-state index in [1.165, 1.54) is 23.3 Å². The SMILES string of the molecule is CN(C(=O)c1cccc([N+](=O)[O-])c1)[C@H]1CCCc2ccccc21. The van der Waals surface area contributed by atoms with Gasteiger partial charge in [-0.2, -0.15) is 0 Å². The molecule has 0 fully saturated rings. The highest BCUT2D eigenvalue weighted by molar-refractivity contribution is 5.95. The molecule has 118 valence electrons. The molecule has 2 aromatic carbocycles. The summed E-state index contributed by atoms with van der Waals surface area (Å²) in [6.45, 7) is 0. The molecule has 0 heterocycles. The molecule has 23 heavy (non-hydrogen) atoms. The van der Waals surface area contributed by atoms with Gasteiger partial charge in [0.05, 0.1) is 11.0 Å². The topological polar surface area (TPSA) is 63.5 Å². The standard InChI is InChI=1S/C18H18N2O3/c1-19(17-11-5-7-13-6-2-3-10-16(13)17)18(21)14-8-4-9-15(12-14)20(22)23/h2-4,6,8-10,12,17H,5,7,11H2,1H3/t17-/m0/s1. The molecule has 3 rings (SSSR count). The zero-order chi connectivity index (χ0) is 16.4. The van der Waals surface area contributed by atoms with E-state index in [0.29, 0.717) is 5.56 Å². The van der Waals surface area contributed by atoms with Gasteiger partial charge in [0.2, 0.25) is 0 Å². The van der Waals surface area contributed by atoms with Crippen LogP contribution >= 0.6 is 0 Å². The largest absolute Gasteiger partial charge is 0.335 e. The molecule has 1 amide bonds. The number of aryl methyl sites for hydroxylation is 1. The maximum atomic E-state index is 12.7. The van der Waals surface area contributed by atoms with Crippen molar-refractivity contribution in [1.29, 1.82) is 0 Å². The molecule has 1 aliphatic carbocycles. The Morgan fingerprint density at radius 2 is 2.00 bits per heavy atom. The van der Waals surface area contributed by atoms with E-state index in [-0.39, 0.29) is 17.6 Å². The molecule has 0 saturated heterocycles. The van der Waals surface area contributed by atoms with Crippen molar-refractivity contribution < 1.29 is 9.72 Å². The van der Waals surface area contributed by atoms with E-state index in [4.69, 9.17) is 0 Å². The predicted octanol–water partition coefficient (Wildman–Crippen LogP) is 3.74. The van der Waals surface area contributed by atoms with Gasteiger partial charge in [0.15, 0.2) is 0 Å². The maximum absolute atomic E-state index is 12.7. The van der Waals surface area contributed by atoms with E-state index >= 15 is 0 Å². The van der Waals surface area contributed by atoms with Crippen LogP contribution in [0.3, 0.4) is 0 Å². The molecule has 0 saturated carbocycles. The van der Waals surface area contributed by atoms with E-state index < -0.39 is 4.92 Å². The third-order valence-corrected chi connectivity index (χ3v) is 4.43. The number of nitro groups is 1. The summed E-state index contributed by atoms with van der Waals surface area (Å²) < 4.78 is 0. The first-order valence-corrected chi connectivity index (χ1v) is 7.67. The molecule has 0 spiro atoms. The number of fused-ring (bicyclic) bond motifs is 1. The number of carbonyl (C=O) groups is 1. The second-order valence-corrected chi connectivity index (χ2v) is 5.83. The van der Waals surface area contributed by atoms with Crippen LogP contribution in [0, 0.1) is 10.1 Å². The molecule has 0 radical (unpaired) electrons. The minimum atomic E-state index is -0.479. The van der Waals surface area contributed by atoms with Crippen LogP contribution in [-0.2, 0) is 6.42 Å². The number of non-ortho nitro benzene ring substituents is 1. The van der Waals surface area contributed by atoms with Gasteiger partial charge in [0, 0.05) is 24.7 Å². The van der Waals surface area contributed by atoms with Crippen LogP contribution < -0.4 is 0 Å². The molecule has 0 aromatic heterocycles. The second kappa shape index (κ2) is 6.20. The summed E-state index contributed by atoms with van der Waals surface area (Å²) >= 11 is 0. The quantitative estimate of drug-likeness (QED) is 0.640. The number of benzene rings is 2. The fourth-order valence-electron chi connectivity index (χ4n) is 3.23. The molecule has 0 N–H and O–H groups in total. The molecule has 5 nitrogen and oxygen atoms in total. The molecule has 1 atom stereocenters. The van der Waals surface area contributed by atoms with Gasteiger partial charge in [-0.15, -0.1) is 0 Å². The first-order valence-electron chi connectivity index (χ1n) is 7.67. The molecule has 1 aliphatic rings. The number of carbonyl (C=O) groups excluding carboxylic acids is 1. The van der Waals surface area contributed by atoms with Crippen LogP contribution in [0.2, 0.25) is 0 Å². The van der Waals surface area contributed by atoms with Crippen LogP contribution in [0.15, 0.2) is 48.5 Å². The normalized spacial score (nSPS) is 16.5. The number of hydrogen-bond acceptors (Lipinski definition) is 3.